The highest BCUT2D eigenvalue weighted by atomic mass is 35.5. The van der Waals surface area contributed by atoms with Crippen LogP contribution in [0.4, 0.5) is 8.78 Å². The van der Waals surface area contributed by atoms with E-state index in [1.807, 2.05) is 24.0 Å². The average molecular weight is 497 g/mol. The maximum Gasteiger partial charge on any atom is 0.272 e. The van der Waals surface area contributed by atoms with Gasteiger partial charge in [0.05, 0.1) is 10.0 Å². The van der Waals surface area contributed by atoms with Crippen molar-refractivity contribution in [1.82, 2.24) is 19.8 Å². The highest BCUT2D eigenvalue weighted by Crippen LogP contribution is 2.31. The number of carbonyl (C=O) groups excluding carboxylic acids is 1. The number of hydrogen-bond acceptors (Lipinski definition) is 4. The first kappa shape index (κ1) is 24.3. The SMILES string of the molecule is Cc1c(CCc2ccc(Cl)c(Cl)c2)ncnc1C(=O)N1CCC(N2CCC(F)(F)CC2)CC1. The molecule has 2 aliphatic heterocycles. The largest absolute Gasteiger partial charge is 0.337 e. The molecule has 33 heavy (non-hydrogen) atoms. The van der Waals surface area contributed by atoms with Crippen LogP contribution in [0.3, 0.4) is 0 Å². The third kappa shape index (κ3) is 5.81. The highest BCUT2D eigenvalue weighted by Gasteiger charge is 2.37. The minimum Gasteiger partial charge on any atom is -0.337 e. The van der Waals surface area contributed by atoms with Crippen molar-refractivity contribution in [2.24, 2.45) is 0 Å². The van der Waals surface area contributed by atoms with E-state index in [0.29, 0.717) is 48.3 Å². The first-order valence-electron chi connectivity index (χ1n) is 11.4. The summed E-state index contributed by atoms with van der Waals surface area (Å²) >= 11 is 12.1. The minimum atomic E-state index is -2.53. The van der Waals surface area contributed by atoms with Gasteiger partial charge in [0, 0.05) is 56.3 Å². The van der Waals surface area contributed by atoms with Crippen LogP contribution in [0.15, 0.2) is 24.5 Å². The number of amides is 1. The number of hydrogen-bond donors (Lipinski definition) is 0. The van der Waals surface area contributed by atoms with Crippen LogP contribution in [0.5, 0.6) is 0 Å². The Morgan fingerprint density at radius 2 is 1.76 bits per heavy atom. The maximum atomic E-state index is 13.5. The van der Waals surface area contributed by atoms with Crippen LogP contribution in [0.1, 0.15) is 53.0 Å². The smallest absolute Gasteiger partial charge is 0.272 e. The van der Waals surface area contributed by atoms with Gasteiger partial charge in [-0.15, -0.1) is 0 Å². The van der Waals surface area contributed by atoms with Crippen molar-refractivity contribution in [3.8, 4) is 0 Å². The van der Waals surface area contributed by atoms with Gasteiger partial charge in [-0.05, 0) is 50.3 Å². The lowest BCUT2D eigenvalue weighted by Crippen LogP contribution is -2.50. The van der Waals surface area contributed by atoms with E-state index in [1.165, 1.54) is 6.33 Å². The molecule has 178 valence electrons. The van der Waals surface area contributed by atoms with Crippen LogP contribution in [-0.4, -0.2) is 63.8 Å². The molecular weight excluding hydrogens is 469 g/mol. The Bertz CT molecular complexity index is 1000. The molecule has 5 nitrogen and oxygen atoms in total. The predicted molar refractivity (Wildman–Crippen MR) is 125 cm³/mol. The van der Waals surface area contributed by atoms with E-state index < -0.39 is 5.92 Å². The molecular formula is C24H28Cl2F2N4O. The molecule has 2 saturated heterocycles. The van der Waals surface area contributed by atoms with Gasteiger partial charge in [-0.3, -0.25) is 9.69 Å². The molecule has 0 unspecified atom stereocenters. The first-order valence-corrected chi connectivity index (χ1v) is 12.1. The topological polar surface area (TPSA) is 49.3 Å². The molecule has 1 amide bonds. The molecule has 0 bridgehead atoms. The van der Waals surface area contributed by atoms with Crippen LogP contribution in [0, 0.1) is 6.92 Å². The lowest BCUT2D eigenvalue weighted by atomic mass is 9.98. The molecule has 0 saturated carbocycles. The number of aryl methyl sites for hydroxylation is 2. The quantitative estimate of drug-likeness (QED) is 0.569. The second-order valence-electron chi connectivity index (χ2n) is 8.96. The van der Waals surface area contributed by atoms with Gasteiger partial charge in [0.25, 0.3) is 11.8 Å². The Morgan fingerprint density at radius 3 is 2.42 bits per heavy atom. The molecule has 0 N–H and O–H groups in total. The molecule has 0 radical (unpaired) electrons. The summed E-state index contributed by atoms with van der Waals surface area (Å²) in [6.45, 7) is 3.96. The van der Waals surface area contributed by atoms with Gasteiger partial charge < -0.3 is 4.90 Å². The summed E-state index contributed by atoms with van der Waals surface area (Å²) in [5.74, 6) is -2.62. The molecule has 0 spiro atoms. The van der Waals surface area contributed by atoms with Crippen molar-refractivity contribution in [2.45, 2.75) is 57.4 Å². The standard InChI is InChI=1S/C24H28Cl2F2N4O/c1-16-21(5-3-17-2-4-19(25)20(26)14-17)29-15-30-22(16)23(33)32-10-6-18(7-11-32)31-12-8-24(27,28)9-13-31/h2,4,14-15,18H,3,5-13H2,1H3. The highest BCUT2D eigenvalue weighted by molar-refractivity contribution is 6.42. The fraction of sp³-hybridized carbons (Fsp3) is 0.542. The molecule has 0 aliphatic carbocycles. The number of halogens is 4. The lowest BCUT2D eigenvalue weighted by molar-refractivity contribution is -0.0668. The molecule has 1 aromatic carbocycles. The van der Waals surface area contributed by atoms with Crippen LogP contribution in [0.2, 0.25) is 10.0 Å². The van der Waals surface area contributed by atoms with Gasteiger partial charge in [-0.25, -0.2) is 18.7 Å². The number of piperidine rings is 2. The molecule has 3 heterocycles. The minimum absolute atomic E-state index is 0.0721. The molecule has 2 aliphatic rings. The second kappa shape index (κ2) is 10.2. The number of nitrogens with zero attached hydrogens (tertiary/aromatic N) is 4. The van der Waals surface area contributed by atoms with E-state index in [9.17, 15) is 13.6 Å². The number of rotatable bonds is 5. The number of alkyl halides is 2. The summed E-state index contributed by atoms with van der Waals surface area (Å²) in [7, 11) is 0. The van der Waals surface area contributed by atoms with Gasteiger partial charge in [0.15, 0.2) is 0 Å². The van der Waals surface area contributed by atoms with Gasteiger partial charge >= 0.3 is 0 Å². The molecule has 2 aromatic rings. The van der Waals surface area contributed by atoms with Crippen molar-refractivity contribution < 1.29 is 13.6 Å². The maximum absolute atomic E-state index is 13.5. The Balaban J connectivity index is 1.35. The lowest BCUT2D eigenvalue weighted by Gasteiger charge is -2.41. The van der Waals surface area contributed by atoms with Crippen LogP contribution < -0.4 is 0 Å². The van der Waals surface area contributed by atoms with E-state index in [4.69, 9.17) is 23.2 Å². The Hall–Kier alpha value is -1.83. The van der Waals surface area contributed by atoms with E-state index in [0.717, 1.165) is 36.1 Å². The Labute approximate surface area is 203 Å². The fourth-order valence-corrected chi connectivity index (χ4v) is 5.03. The number of carbonyl (C=O) groups is 1. The van der Waals surface area contributed by atoms with Crippen LogP contribution >= 0.6 is 23.2 Å². The van der Waals surface area contributed by atoms with Gasteiger partial charge in [-0.2, -0.15) is 0 Å². The average Bonchev–Trinajstić information content (AvgIpc) is 2.80. The third-order valence-electron chi connectivity index (χ3n) is 6.82. The van der Waals surface area contributed by atoms with Gasteiger partial charge in [0.2, 0.25) is 0 Å². The van der Waals surface area contributed by atoms with E-state index in [2.05, 4.69) is 14.9 Å². The first-order chi connectivity index (χ1) is 15.7. The summed E-state index contributed by atoms with van der Waals surface area (Å²) < 4.78 is 26.9. The van der Waals surface area contributed by atoms with Crippen molar-refractivity contribution >= 4 is 29.1 Å². The zero-order valence-corrected chi connectivity index (χ0v) is 20.2. The molecule has 4 rings (SSSR count). The van der Waals surface area contributed by atoms with Crippen molar-refractivity contribution in [3.05, 3.63) is 57.1 Å². The predicted octanol–water partition coefficient (Wildman–Crippen LogP) is 5.21. The van der Waals surface area contributed by atoms with Crippen molar-refractivity contribution in [3.63, 3.8) is 0 Å². The summed E-state index contributed by atoms with van der Waals surface area (Å²) in [6.07, 6.45) is 4.29. The fourth-order valence-electron chi connectivity index (χ4n) is 4.71. The Kier molecular flexibility index (Phi) is 7.51. The van der Waals surface area contributed by atoms with Gasteiger partial charge in [-0.1, -0.05) is 29.3 Å². The van der Waals surface area contributed by atoms with E-state index >= 15 is 0 Å². The van der Waals surface area contributed by atoms with E-state index in [-0.39, 0.29) is 24.8 Å². The molecule has 9 heteroatoms. The molecule has 0 atom stereocenters. The summed E-state index contributed by atoms with van der Waals surface area (Å²) in [4.78, 5) is 25.9. The molecule has 1 aromatic heterocycles. The van der Waals surface area contributed by atoms with Gasteiger partial charge in [0.1, 0.15) is 12.0 Å². The normalized spacial score (nSPS) is 19.6. The van der Waals surface area contributed by atoms with Crippen LogP contribution in [-0.2, 0) is 12.8 Å². The van der Waals surface area contributed by atoms with Crippen LogP contribution in [0.25, 0.3) is 0 Å². The number of aromatic nitrogens is 2. The second-order valence-corrected chi connectivity index (χ2v) is 9.77. The zero-order chi connectivity index (χ0) is 23.6. The zero-order valence-electron chi connectivity index (χ0n) is 18.7. The third-order valence-corrected chi connectivity index (χ3v) is 7.56. The van der Waals surface area contributed by atoms with E-state index in [1.54, 1.807) is 6.07 Å². The summed E-state index contributed by atoms with van der Waals surface area (Å²) in [6, 6.07) is 5.82. The summed E-state index contributed by atoms with van der Waals surface area (Å²) in [5, 5.41) is 1.04. The molecule has 2 fully saturated rings. The number of likely N-dealkylation sites (tertiary alicyclic amines) is 2. The summed E-state index contributed by atoms with van der Waals surface area (Å²) in [5.41, 5.74) is 3.12. The van der Waals surface area contributed by atoms with Crippen molar-refractivity contribution in [1.29, 1.82) is 0 Å². The number of benzene rings is 1. The monoisotopic (exact) mass is 496 g/mol. The Morgan fingerprint density at radius 1 is 1.06 bits per heavy atom. The van der Waals surface area contributed by atoms with Crippen molar-refractivity contribution in [2.75, 3.05) is 26.2 Å².